The van der Waals surface area contributed by atoms with Gasteiger partial charge < -0.3 is 4.74 Å². The third-order valence-corrected chi connectivity index (χ3v) is 2.65. The van der Waals surface area contributed by atoms with Gasteiger partial charge >= 0.3 is 0 Å². The molecule has 0 unspecified atom stereocenters. The second-order valence-corrected chi connectivity index (χ2v) is 3.55. The summed E-state index contributed by atoms with van der Waals surface area (Å²) in [5, 5.41) is 2.60. The van der Waals surface area contributed by atoms with E-state index < -0.39 is 0 Å². The van der Waals surface area contributed by atoms with Crippen LogP contribution in [0.5, 0.6) is 5.75 Å². The van der Waals surface area contributed by atoms with Gasteiger partial charge in [-0.25, -0.2) is 0 Å². The molecule has 0 saturated heterocycles. The molecule has 1 heteroatoms. The van der Waals surface area contributed by atoms with Crippen LogP contribution in [-0.4, -0.2) is 6.61 Å². The minimum atomic E-state index is 0.728. The Labute approximate surface area is 90.7 Å². The summed E-state index contributed by atoms with van der Waals surface area (Å²) in [6.45, 7) is 4.92. The highest BCUT2D eigenvalue weighted by atomic mass is 16.5. The molecule has 2 aromatic rings. The summed E-state index contributed by atoms with van der Waals surface area (Å²) in [7, 11) is 0. The van der Waals surface area contributed by atoms with Gasteiger partial charge in [0.15, 0.2) is 0 Å². The zero-order chi connectivity index (χ0) is 10.7. The second kappa shape index (κ2) is 4.35. The van der Waals surface area contributed by atoms with Crippen molar-refractivity contribution < 1.29 is 4.74 Å². The third-order valence-electron chi connectivity index (χ3n) is 2.65. The van der Waals surface area contributed by atoms with Gasteiger partial charge in [0, 0.05) is 5.56 Å². The number of benzene rings is 2. The fourth-order valence-electron chi connectivity index (χ4n) is 1.97. The largest absolute Gasteiger partial charge is 0.494 e. The van der Waals surface area contributed by atoms with E-state index in [1.807, 2.05) is 6.92 Å². The van der Waals surface area contributed by atoms with E-state index in [0.717, 1.165) is 18.8 Å². The van der Waals surface area contributed by atoms with Crippen LogP contribution < -0.4 is 4.74 Å². The van der Waals surface area contributed by atoms with Crippen LogP contribution in [0.1, 0.15) is 19.4 Å². The van der Waals surface area contributed by atoms with Gasteiger partial charge in [0.05, 0.1) is 6.61 Å². The topological polar surface area (TPSA) is 9.23 Å². The van der Waals surface area contributed by atoms with E-state index in [9.17, 15) is 0 Å². The maximum Gasteiger partial charge on any atom is 0.123 e. The van der Waals surface area contributed by atoms with Crippen LogP contribution >= 0.6 is 0 Å². The Hall–Kier alpha value is -1.50. The number of hydrogen-bond acceptors (Lipinski definition) is 1. The Morgan fingerprint density at radius 2 is 1.80 bits per heavy atom. The lowest BCUT2D eigenvalue weighted by atomic mass is 10.0. The van der Waals surface area contributed by atoms with Gasteiger partial charge in [-0.05, 0) is 30.2 Å². The first-order valence-electron chi connectivity index (χ1n) is 5.50. The van der Waals surface area contributed by atoms with Crippen LogP contribution in [0.2, 0.25) is 0 Å². The molecule has 1 nitrogen and oxygen atoms in total. The first-order valence-corrected chi connectivity index (χ1v) is 5.50. The minimum Gasteiger partial charge on any atom is -0.494 e. The number of ether oxygens (including phenoxy) is 1. The summed E-state index contributed by atoms with van der Waals surface area (Å²) < 4.78 is 5.64. The molecule has 0 heterocycles. The number of fused-ring (bicyclic) bond motifs is 1. The fourth-order valence-corrected chi connectivity index (χ4v) is 1.97. The second-order valence-electron chi connectivity index (χ2n) is 3.55. The predicted octanol–water partition coefficient (Wildman–Crippen LogP) is 3.80. The van der Waals surface area contributed by atoms with E-state index in [1.165, 1.54) is 16.3 Å². The standard InChI is InChI=1S/C14H16O/c1-3-12-13-8-6-5-7-11(13)9-10-14(12)15-4-2/h5-10H,3-4H2,1-2H3. The molecule has 0 fully saturated rings. The van der Waals surface area contributed by atoms with Gasteiger partial charge in [-0.15, -0.1) is 0 Å². The molecule has 0 aromatic heterocycles. The SMILES string of the molecule is CCOc1ccc2ccccc2c1CC. The Morgan fingerprint density at radius 1 is 1.00 bits per heavy atom. The summed E-state index contributed by atoms with van der Waals surface area (Å²) in [4.78, 5) is 0. The van der Waals surface area contributed by atoms with Crippen LogP contribution in [0.15, 0.2) is 36.4 Å². The smallest absolute Gasteiger partial charge is 0.123 e. The van der Waals surface area contributed by atoms with Crippen LogP contribution in [0.3, 0.4) is 0 Å². The minimum absolute atomic E-state index is 0.728. The number of aryl methyl sites for hydroxylation is 1. The van der Waals surface area contributed by atoms with E-state index in [2.05, 4.69) is 43.3 Å². The van der Waals surface area contributed by atoms with Crippen molar-refractivity contribution in [2.24, 2.45) is 0 Å². The van der Waals surface area contributed by atoms with Crippen molar-refractivity contribution in [3.63, 3.8) is 0 Å². The molecule has 0 spiro atoms. The third kappa shape index (κ3) is 1.82. The molecule has 0 atom stereocenters. The molecule has 0 radical (unpaired) electrons. The molecular formula is C14H16O. The van der Waals surface area contributed by atoms with Gasteiger partial charge in [0.2, 0.25) is 0 Å². The normalized spacial score (nSPS) is 10.5. The summed E-state index contributed by atoms with van der Waals surface area (Å²) in [5.74, 6) is 1.03. The summed E-state index contributed by atoms with van der Waals surface area (Å²) >= 11 is 0. The average molecular weight is 200 g/mol. The van der Waals surface area contributed by atoms with Gasteiger partial charge in [-0.3, -0.25) is 0 Å². The van der Waals surface area contributed by atoms with Crippen LogP contribution in [-0.2, 0) is 6.42 Å². The van der Waals surface area contributed by atoms with Crippen LogP contribution in [0.4, 0.5) is 0 Å². The van der Waals surface area contributed by atoms with Crippen molar-refractivity contribution in [3.8, 4) is 5.75 Å². The molecule has 0 aliphatic carbocycles. The molecule has 0 aliphatic heterocycles. The summed E-state index contributed by atoms with van der Waals surface area (Å²) in [6.07, 6.45) is 1.01. The maximum atomic E-state index is 5.64. The van der Waals surface area contributed by atoms with Crippen molar-refractivity contribution in [3.05, 3.63) is 42.0 Å². The molecule has 0 saturated carbocycles. The molecule has 0 N–H and O–H groups in total. The van der Waals surface area contributed by atoms with Crippen LogP contribution in [0, 0.1) is 0 Å². The fraction of sp³-hybridized carbons (Fsp3) is 0.286. The molecule has 0 aliphatic rings. The molecular weight excluding hydrogens is 184 g/mol. The highest BCUT2D eigenvalue weighted by Crippen LogP contribution is 2.28. The van der Waals surface area contributed by atoms with E-state index in [4.69, 9.17) is 4.74 Å². The Balaban J connectivity index is 2.64. The lowest BCUT2D eigenvalue weighted by molar-refractivity contribution is 0.337. The molecule has 78 valence electrons. The molecule has 15 heavy (non-hydrogen) atoms. The average Bonchev–Trinajstić information content (AvgIpc) is 2.29. The quantitative estimate of drug-likeness (QED) is 0.732. The van der Waals surface area contributed by atoms with E-state index in [-0.39, 0.29) is 0 Å². The van der Waals surface area contributed by atoms with Gasteiger partial charge in [0.25, 0.3) is 0 Å². The van der Waals surface area contributed by atoms with Gasteiger partial charge in [0.1, 0.15) is 5.75 Å². The molecule has 2 aromatic carbocycles. The van der Waals surface area contributed by atoms with Crippen molar-refractivity contribution in [2.45, 2.75) is 20.3 Å². The lowest BCUT2D eigenvalue weighted by Crippen LogP contribution is -1.96. The molecule has 0 bridgehead atoms. The Kier molecular flexibility index (Phi) is 2.91. The Morgan fingerprint density at radius 3 is 2.53 bits per heavy atom. The van der Waals surface area contributed by atoms with Crippen LogP contribution in [0.25, 0.3) is 10.8 Å². The first-order chi connectivity index (χ1) is 7.36. The monoisotopic (exact) mass is 200 g/mol. The number of rotatable bonds is 3. The highest BCUT2D eigenvalue weighted by Gasteiger charge is 2.05. The van der Waals surface area contributed by atoms with Crippen molar-refractivity contribution in [1.82, 2.24) is 0 Å². The lowest BCUT2D eigenvalue weighted by Gasteiger charge is -2.11. The summed E-state index contributed by atoms with van der Waals surface area (Å²) in [6, 6.07) is 12.7. The predicted molar refractivity (Wildman–Crippen MR) is 64.5 cm³/mol. The zero-order valence-corrected chi connectivity index (χ0v) is 9.29. The maximum absolute atomic E-state index is 5.64. The van der Waals surface area contributed by atoms with Crippen molar-refractivity contribution >= 4 is 10.8 Å². The summed E-state index contributed by atoms with van der Waals surface area (Å²) in [5.41, 5.74) is 1.31. The highest BCUT2D eigenvalue weighted by molar-refractivity contribution is 5.87. The van der Waals surface area contributed by atoms with E-state index in [1.54, 1.807) is 0 Å². The Bertz CT molecular complexity index is 460. The molecule has 2 rings (SSSR count). The zero-order valence-electron chi connectivity index (χ0n) is 9.29. The number of hydrogen-bond donors (Lipinski definition) is 0. The van der Waals surface area contributed by atoms with Crippen molar-refractivity contribution in [2.75, 3.05) is 6.61 Å². The first kappa shape index (κ1) is 10.0. The molecule has 0 amide bonds. The van der Waals surface area contributed by atoms with Gasteiger partial charge in [-0.1, -0.05) is 37.3 Å². The van der Waals surface area contributed by atoms with E-state index in [0.29, 0.717) is 0 Å². The van der Waals surface area contributed by atoms with E-state index >= 15 is 0 Å². The van der Waals surface area contributed by atoms with Gasteiger partial charge in [-0.2, -0.15) is 0 Å². The van der Waals surface area contributed by atoms with Crippen molar-refractivity contribution in [1.29, 1.82) is 0 Å².